The summed E-state index contributed by atoms with van der Waals surface area (Å²) in [5, 5.41) is 13.1. The van der Waals surface area contributed by atoms with Gasteiger partial charge in [-0.15, -0.1) is 0 Å². The van der Waals surface area contributed by atoms with Crippen molar-refractivity contribution >= 4 is 29.2 Å². The SMILES string of the molecule is COC(=O)CCNC(=O)c1cc([N+](=O)[O-])c(Cl)cc1OC. The molecular weight excluding hydrogens is 304 g/mol. The van der Waals surface area contributed by atoms with Crippen LogP contribution in [0.2, 0.25) is 5.02 Å². The summed E-state index contributed by atoms with van der Waals surface area (Å²) < 4.78 is 9.40. The van der Waals surface area contributed by atoms with Crippen LogP contribution in [0, 0.1) is 10.1 Å². The smallest absolute Gasteiger partial charge is 0.307 e. The van der Waals surface area contributed by atoms with Gasteiger partial charge in [-0.1, -0.05) is 11.6 Å². The van der Waals surface area contributed by atoms with Crippen LogP contribution in [-0.2, 0) is 9.53 Å². The van der Waals surface area contributed by atoms with Crippen LogP contribution < -0.4 is 10.1 Å². The Morgan fingerprint density at radius 2 is 2.05 bits per heavy atom. The zero-order valence-electron chi connectivity index (χ0n) is 11.3. The van der Waals surface area contributed by atoms with Crippen LogP contribution in [0.1, 0.15) is 16.8 Å². The van der Waals surface area contributed by atoms with E-state index in [2.05, 4.69) is 10.1 Å². The Kier molecular flexibility index (Phi) is 5.92. The van der Waals surface area contributed by atoms with E-state index in [1.807, 2.05) is 0 Å². The molecule has 0 aliphatic carbocycles. The maximum absolute atomic E-state index is 12.0. The first kappa shape index (κ1) is 16.7. The summed E-state index contributed by atoms with van der Waals surface area (Å²) in [6.07, 6.45) is -0.0137. The van der Waals surface area contributed by atoms with Crippen LogP contribution in [0.15, 0.2) is 12.1 Å². The number of methoxy groups -OCH3 is 2. The van der Waals surface area contributed by atoms with E-state index in [0.29, 0.717) is 0 Å². The molecule has 0 aliphatic heterocycles. The average molecular weight is 317 g/mol. The number of nitrogens with one attached hydrogen (secondary N) is 1. The highest BCUT2D eigenvalue weighted by atomic mass is 35.5. The Hall–Kier alpha value is -2.35. The van der Waals surface area contributed by atoms with E-state index < -0.39 is 22.5 Å². The number of nitro groups is 1. The molecule has 0 bridgehead atoms. The molecule has 114 valence electrons. The number of carbonyl (C=O) groups is 2. The fourth-order valence-electron chi connectivity index (χ4n) is 1.51. The Balaban J connectivity index is 2.94. The summed E-state index contributed by atoms with van der Waals surface area (Å²) >= 11 is 5.73. The lowest BCUT2D eigenvalue weighted by Crippen LogP contribution is -2.26. The second-order valence-electron chi connectivity index (χ2n) is 3.84. The van der Waals surface area contributed by atoms with Crippen molar-refractivity contribution in [1.82, 2.24) is 5.32 Å². The highest BCUT2D eigenvalue weighted by Gasteiger charge is 2.21. The van der Waals surface area contributed by atoms with Gasteiger partial charge in [0.1, 0.15) is 10.8 Å². The first-order chi connectivity index (χ1) is 9.90. The van der Waals surface area contributed by atoms with Gasteiger partial charge in [-0.05, 0) is 0 Å². The number of rotatable bonds is 6. The second-order valence-corrected chi connectivity index (χ2v) is 4.25. The van der Waals surface area contributed by atoms with Gasteiger partial charge < -0.3 is 14.8 Å². The lowest BCUT2D eigenvalue weighted by atomic mass is 10.1. The van der Waals surface area contributed by atoms with Crippen LogP contribution in [0.5, 0.6) is 5.75 Å². The lowest BCUT2D eigenvalue weighted by molar-refractivity contribution is -0.384. The fraction of sp³-hybridized carbons (Fsp3) is 0.333. The van der Waals surface area contributed by atoms with Crippen LogP contribution in [0.25, 0.3) is 0 Å². The molecule has 0 saturated carbocycles. The minimum atomic E-state index is -0.701. The Bertz CT molecular complexity index is 575. The minimum absolute atomic E-state index is 0.0137. The van der Waals surface area contributed by atoms with Gasteiger partial charge in [-0.3, -0.25) is 19.7 Å². The highest BCUT2D eigenvalue weighted by molar-refractivity contribution is 6.33. The van der Waals surface area contributed by atoms with Crippen LogP contribution in [-0.4, -0.2) is 37.6 Å². The molecule has 1 N–H and O–H groups in total. The number of carbonyl (C=O) groups excluding carboxylic acids is 2. The molecule has 0 saturated heterocycles. The number of amides is 1. The zero-order chi connectivity index (χ0) is 16.0. The van der Waals surface area contributed by atoms with Crippen molar-refractivity contribution in [1.29, 1.82) is 0 Å². The van der Waals surface area contributed by atoms with Crippen molar-refractivity contribution in [2.75, 3.05) is 20.8 Å². The summed E-state index contributed by atoms with van der Waals surface area (Å²) in [6.45, 7) is 0.0328. The van der Waals surface area contributed by atoms with Crippen LogP contribution in [0.3, 0.4) is 0 Å². The third kappa shape index (κ3) is 4.32. The van der Waals surface area contributed by atoms with Crippen molar-refractivity contribution in [3.05, 3.63) is 32.8 Å². The molecule has 0 unspecified atom stereocenters. The van der Waals surface area contributed by atoms with E-state index in [4.69, 9.17) is 16.3 Å². The predicted octanol–water partition coefficient (Wildman–Crippen LogP) is 1.55. The molecule has 0 radical (unpaired) electrons. The number of hydrogen-bond donors (Lipinski definition) is 1. The molecule has 8 nitrogen and oxygen atoms in total. The third-order valence-corrected chi connectivity index (χ3v) is 2.86. The van der Waals surface area contributed by atoms with E-state index in [9.17, 15) is 19.7 Å². The van der Waals surface area contributed by atoms with Gasteiger partial charge >= 0.3 is 5.97 Å². The van der Waals surface area contributed by atoms with Crippen molar-refractivity contribution in [3.63, 3.8) is 0 Å². The summed E-state index contributed by atoms with van der Waals surface area (Å²) in [4.78, 5) is 33.0. The normalized spacial score (nSPS) is 9.86. The van der Waals surface area contributed by atoms with Crippen molar-refractivity contribution in [2.45, 2.75) is 6.42 Å². The number of nitrogens with zero attached hydrogens (tertiary/aromatic N) is 1. The Morgan fingerprint density at radius 3 is 2.57 bits per heavy atom. The molecule has 0 fully saturated rings. The molecule has 0 heterocycles. The molecule has 0 atom stereocenters. The van der Waals surface area contributed by atoms with Gasteiger partial charge in [0.2, 0.25) is 0 Å². The monoisotopic (exact) mass is 316 g/mol. The standard InChI is InChI=1S/C12H13ClN2O6/c1-20-10-6-8(13)9(15(18)19)5-7(10)12(17)14-4-3-11(16)21-2/h5-6H,3-4H2,1-2H3,(H,14,17). The van der Waals surface area contributed by atoms with E-state index >= 15 is 0 Å². The predicted molar refractivity (Wildman–Crippen MR) is 73.6 cm³/mol. The number of halogens is 1. The van der Waals surface area contributed by atoms with Gasteiger partial charge in [-0.25, -0.2) is 0 Å². The van der Waals surface area contributed by atoms with E-state index in [0.717, 1.165) is 6.07 Å². The van der Waals surface area contributed by atoms with E-state index in [1.54, 1.807) is 0 Å². The number of esters is 1. The third-order valence-electron chi connectivity index (χ3n) is 2.55. The van der Waals surface area contributed by atoms with E-state index in [1.165, 1.54) is 20.3 Å². The number of benzene rings is 1. The molecule has 0 aliphatic rings. The summed E-state index contributed by atoms with van der Waals surface area (Å²) in [6, 6.07) is 2.21. The number of nitro benzene ring substituents is 1. The molecule has 0 spiro atoms. The van der Waals surface area contributed by atoms with Crippen LogP contribution >= 0.6 is 11.6 Å². The molecule has 21 heavy (non-hydrogen) atoms. The van der Waals surface area contributed by atoms with Gasteiger partial charge in [0.25, 0.3) is 11.6 Å². The number of ether oxygens (including phenoxy) is 2. The molecule has 1 rings (SSSR count). The maximum atomic E-state index is 12.0. The van der Waals surface area contributed by atoms with E-state index in [-0.39, 0.29) is 29.3 Å². The zero-order valence-corrected chi connectivity index (χ0v) is 12.1. The quantitative estimate of drug-likeness (QED) is 0.484. The average Bonchev–Trinajstić information content (AvgIpc) is 2.45. The molecule has 0 aromatic heterocycles. The fourth-order valence-corrected chi connectivity index (χ4v) is 1.73. The van der Waals surface area contributed by atoms with Crippen LogP contribution in [0.4, 0.5) is 5.69 Å². The summed E-state index contributed by atoms with van der Waals surface area (Å²) in [5.74, 6) is -0.999. The lowest BCUT2D eigenvalue weighted by Gasteiger charge is -2.09. The summed E-state index contributed by atoms with van der Waals surface area (Å²) in [5.41, 5.74) is -0.450. The van der Waals surface area contributed by atoms with Gasteiger partial charge in [0, 0.05) is 18.7 Å². The number of hydrogen-bond acceptors (Lipinski definition) is 6. The van der Waals surface area contributed by atoms with Crippen molar-refractivity contribution < 1.29 is 24.0 Å². The summed E-state index contributed by atoms with van der Waals surface area (Å²) in [7, 11) is 2.54. The van der Waals surface area contributed by atoms with Gasteiger partial charge in [0.05, 0.1) is 31.1 Å². The highest BCUT2D eigenvalue weighted by Crippen LogP contribution is 2.32. The van der Waals surface area contributed by atoms with Crippen molar-refractivity contribution in [3.8, 4) is 5.75 Å². The molecule has 1 aromatic rings. The maximum Gasteiger partial charge on any atom is 0.307 e. The molecule has 1 amide bonds. The largest absolute Gasteiger partial charge is 0.496 e. The molecule has 9 heteroatoms. The topological polar surface area (TPSA) is 108 Å². The first-order valence-corrected chi connectivity index (χ1v) is 6.15. The first-order valence-electron chi connectivity index (χ1n) is 5.77. The van der Waals surface area contributed by atoms with Gasteiger partial charge in [-0.2, -0.15) is 0 Å². The Morgan fingerprint density at radius 1 is 1.38 bits per heavy atom. The second kappa shape index (κ2) is 7.44. The Labute approximate surface area is 125 Å². The van der Waals surface area contributed by atoms with Gasteiger partial charge in [0.15, 0.2) is 0 Å². The molecular formula is C12H13ClN2O6. The van der Waals surface area contributed by atoms with Crippen molar-refractivity contribution in [2.24, 2.45) is 0 Å². The minimum Gasteiger partial charge on any atom is -0.496 e. The molecule has 1 aromatic carbocycles.